The topological polar surface area (TPSA) is 42.9 Å². The molecule has 1 aromatic carbocycles. The number of hydrogen-bond acceptors (Lipinski definition) is 4. The van der Waals surface area contributed by atoms with E-state index >= 15 is 0 Å². The monoisotopic (exact) mass is 260 g/mol. The van der Waals surface area contributed by atoms with Crippen LogP contribution in [-0.4, -0.2) is 15.9 Å². The summed E-state index contributed by atoms with van der Waals surface area (Å²) in [4.78, 5) is 10.5. The maximum atomic E-state index is 13.1. The van der Waals surface area contributed by atoms with Crippen LogP contribution in [0.3, 0.4) is 0 Å². The first-order valence-corrected chi connectivity index (χ1v) is 4.86. The summed E-state index contributed by atoms with van der Waals surface area (Å²) in [7, 11) is 0. The summed E-state index contributed by atoms with van der Waals surface area (Å²) < 4.78 is 17.8. The number of aromatic nitrogens is 2. The summed E-state index contributed by atoms with van der Waals surface area (Å²) in [6.45, 7) is 0. The van der Waals surface area contributed by atoms with E-state index < -0.39 is 5.82 Å². The Morgan fingerprint density at radius 2 is 2.38 bits per heavy atom. The van der Waals surface area contributed by atoms with E-state index in [0.29, 0.717) is 21.0 Å². The van der Waals surface area contributed by atoms with Crippen molar-refractivity contribution in [3.05, 3.63) is 21.9 Å². The quantitative estimate of drug-likeness (QED) is 0.740. The van der Waals surface area contributed by atoms with E-state index in [1.807, 2.05) is 0 Å². The molecule has 0 aliphatic heterocycles. The maximum Gasteiger partial charge on any atom is 0.154 e. The van der Waals surface area contributed by atoms with Crippen molar-refractivity contribution in [1.29, 1.82) is 0 Å². The van der Waals surface area contributed by atoms with Crippen molar-refractivity contribution in [3.63, 3.8) is 0 Å². The minimum absolute atomic E-state index is 0.0215. The van der Waals surface area contributed by atoms with E-state index in [-0.39, 0.29) is 5.56 Å². The lowest BCUT2D eigenvalue weighted by atomic mass is 10.2. The summed E-state index contributed by atoms with van der Waals surface area (Å²) >= 11 is 4.14. The van der Waals surface area contributed by atoms with Crippen molar-refractivity contribution in [3.8, 4) is 0 Å². The first kappa shape index (κ1) is 8.71. The van der Waals surface area contributed by atoms with Crippen LogP contribution in [0, 0.1) is 5.82 Å². The fraction of sp³-hybridized carbons (Fsp3) is 0. The van der Waals surface area contributed by atoms with Gasteiger partial charge in [-0.2, -0.15) is 0 Å². The number of hydrogen-bond donors (Lipinski definition) is 0. The zero-order chi connectivity index (χ0) is 9.42. The number of fused-ring (bicyclic) bond motifs is 1. The van der Waals surface area contributed by atoms with Crippen LogP contribution in [-0.2, 0) is 0 Å². The van der Waals surface area contributed by atoms with Crippen molar-refractivity contribution in [2.24, 2.45) is 0 Å². The van der Waals surface area contributed by atoms with Crippen LogP contribution in [0.25, 0.3) is 10.2 Å². The van der Waals surface area contributed by atoms with Gasteiger partial charge in [0.15, 0.2) is 6.29 Å². The third-order valence-corrected chi connectivity index (χ3v) is 2.95. The first-order valence-electron chi connectivity index (χ1n) is 3.29. The van der Waals surface area contributed by atoms with Crippen LogP contribution in [0.5, 0.6) is 0 Å². The van der Waals surface area contributed by atoms with Crippen molar-refractivity contribution in [2.75, 3.05) is 0 Å². The van der Waals surface area contributed by atoms with E-state index in [2.05, 4.69) is 25.5 Å². The van der Waals surface area contributed by atoms with Gasteiger partial charge < -0.3 is 0 Å². The molecule has 0 fully saturated rings. The molecule has 0 bridgehead atoms. The smallest absolute Gasteiger partial charge is 0.154 e. The summed E-state index contributed by atoms with van der Waals surface area (Å²) in [6.07, 6.45) is 0.476. The highest BCUT2D eigenvalue weighted by atomic mass is 79.9. The van der Waals surface area contributed by atoms with Gasteiger partial charge in [0.1, 0.15) is 11.3 Å². The second kappa shape index (κ2) is 3.12. The molecule has 6 heteroatoms. The number of aldehydes is 1. The Morgan fingerprint density at radius 1 is 1.62 bits per heavy atom. The zero-order valence-corrected chi connectivity index (χ0v) is 8.52. The summed E-state index contributed by atoms with van der Waals surface area (Å²) in [5, 5.41) is 3.76. The standard InChI is InChI=1S/C7H2BrFN2OS/c8-4-1-5(9)3(2-12)7-6(4)10-11-13-7/h1-2H. The Hall–Kier alpha value is -0.880. The molecule has 2 aromatic rings. The number of nitrogens with zero attached hydrogens (tertiary/aromatic N) is 2. The minimum atomic E-state index is -0.555. The molecule has 0 radical (unpaired) electrons. The van der Waals surface area contributed by atoms with Gasteiger partial charge >= 0.3 is 0 Å². The van der Waals surface area contributed by atoms with E-state index in [9.17, 15) is 9.18 Å². The molecule has 0 aliphatic carbocycles. The molecule has 0 amide bonds. The average Bonchev–Trinajstić information content (AvgIpc) is 2.53. The third kappa shape index (κ3) is 1.26. The lowest BCUT2D eigenvalue weighted by Crippen LogP contribution is -1.88. The number of rotatable bonds is 1. The van der Waals surface area contributed by atoms with Crippen LogP contribution in [0.15, 0.2) is 10.5 Å². The molecule has 0 unspecified atom stereocenters. The van der Waals surface area contributed by atoms with E-state index in [0.717, 1.165) is 11.5 Å². The molecule has 13 heavy (non-hydrogen) atoms. The Balaban J connectivity index is 2.96. The molecule has 2 rings (SSSR count). The summed E-state index contributed by atoms with van der Waals surface area (Å²) in [5.74, 6) is -0.555. The fourth-order valence-corrected chi connectivity index (χ4v) is 2.29. The Kier molecular flexibility index (Phi) is 2.09. The molecular formula is C7H2BrFN2OS. The summed E-state index contributed by atoms with van der Waals surface area (Å²) in [6, 6.07) is 1.22. The predicted molar refractivity (Wildman–Crippen MR) is 50.5 cm³/mol. The van der Waals surface area contributed by atoms with Crippen LogP contribution in [0.1, 0.15) is 10.4 Å². The maximum absolute atomic E-state index is 13.1. The first-order chi connectivity index (χ1) is 6.24. The van der Waals surface area contributed by atoms with Gasteiger partial charge in [0.05, 0.1) is 10.3 Å². The molecule has 0 saturated carbocycles. The molecule has 1 heterocycles. The van der Waals surface area contributed by atoms with E-state index in [4.69, 9.17) is 0 Å². The highest BCUT2D eigenvalue weighted by Gasteiger charge is 2.13. The highest BCUT2D eigenvalue weighted by Crippen LogP contribution is 2.28. The highest BCUT2D eigenvalue weighted by molar-refractivity contribution is 9.10. The molecular weight excluding hydrogens is 259 g/mol. The molecule has 0 saturated heterocycles. The molecule has 0 atom stereocenters. The molecule has 3 nitrogen and oxygen atoms in total. The average molecular weight is 261 g/mol. The van der Waals surface area contributed by atoms with Crippen molar-refractivity contribution in [1.82, 2.24) is 9.59 Å². The van der Waals surface area contributed by atoms with Gasteiger partial charge in [-0.1, -0.05) is 4.49 Å². The molecule has 0 aliphatic rings. The Labute approximate surface area is 84.9 Å². The third-order valence-electron chi connectivity index (χ3n) is 1.59. The molecule has 0 N–H and O–H groups in total. The van der Waals surface area contributed by atoms with Crippen molar-refractivity contribution in [2.45, 2.75) is 0 Å². The minimum Gasteiger partial charge on any atom is -0.298 e. The molecule has 1 aromatic heterocycles. The van der Waals surface area contributed by atoms with Crippen LogP contribution < -0.4 is 0 Å². The Bertz CT molecular complexity index is 485. The molecule has 66 valence electrons. The predicted octanol–water partition coefficient (Wildman–Crippen LogP) is 2.41. The van der Waals surface area contributed by atoms with E-state index in [1.165, 1.54) is 6.07 Å². The summed E-state index contributed by atoms with van der Waals surface area (Å²) in [5.41, 5.74) is 0.543. The van der Waals surface area contributed by atoms with Crippen molar-refractivity contribution >= 4 is 44.0 Å². The number of carbonyl (C=O) groups is 1. The second-order valence-electron chi connectivity index (χ2n) is 2.32. The van der Waals surface area contributed by atoms with Gasteiger partial charge in [0, 0.05) is 4.47 Å². The fourth-order valence-electron chi connectivity index (χ4n) is 0.999. The lowest BCUT2D eigenvalue weighted by Gasteiger charge is -1.96. The lowest BCUT2D eigenvalue weighted by molar-refractivity contribution is 0.112. The number of halogens is 2. The van der Waals surface area contributed by atoms with Gasteiger partial charge in [-0.25, -0.2) is 4.39 Å². The zero-order valence-electron chi connectivity index (χ0n) is 6.12. The normalized spacial score (nSPS) is 10.6. The Morgan fingerprint density at radius 3 is 3.08 bits per heavy atom. The van der Waals surface area contributed by atoms with Crippen LogP contribution >= 0.6 is 27.5 Å². The van der Waals surface area contributed by atoms with Gasteiger partial charge in [-0.05, 0) is 33.5 Å². The van der Waals surface area contributed by atoms with Crippen LogP contribution in [0.4, 0.5) is 4.39 Å². The van der Waals surface area contributed by atoms with Gasteiger partial charge in [-0.3, -0.25) is 4.79 Å². The van der Waals surface area contributed by atoms with Gasteiger partial charge in [-0.15, -0.1) is 5.10 Å². The number of carbonyl (C=O) groups excluding carboxylic acids is 1. The SMILES string of the molecule is O=Cc1c(F)cc(Br)c2nnsc12. The van der Waals surface area contributed by atoms with Crippen molar-refractivity contribution < 1.29 is 9.18 Å². The number of benzene rings is 1. The molecule has 0 spiro atoms. The largest absolute Gasteiger partial charge is 0.298 e. The van der Waals surface area contributed by atoms with E-state index in [1.54, 1.807) is 0 Å². The van der Waals surface area contributed by atoms with Crippen LogP contribution in [0.2, 0.25) is 0 Å². The van der Waals surface area contributed by atoms with Gasteiger partial charge in [0.25, 0.3) is 0 Å². The van der Waals surface area contributed by atoms with Gasteiger partial charge in [0.2, 0.25) is 0 Å². The second-order valence-corrected chi connectivity index (χ2v) is 3.93.